The number of rotatable bonds is 5. The summed E-state index contributed by atoms with van der Waals surface area (Å²) in [5, 5.41) is 0. The number of fused-ring (bicyclic) bond motifs is 1. The second-order valence-electron chi connectivity index (χ2n) is 5.24. The molecule has 0 fully saturated rings. The molecule has 0 spiro atoms. The molecule has 1 aromatic carbocycles. The van der Waals surface area contributed by atoms with Gasteiger partial charge in [-0.05, 0) is 28.7 Å². The summed E-state index contributed by atoms with van der Waals surface area (Å²) < 4.78 is 43.0. The van der Waals surface area contributed by atoms with Crippen LogP contribution >= 0.6 is 11.5 Å². The molecule has 0 radical (unpaired) electrons. The molecule has 24 heavy (non-hydrogen) atoms. The molecule has 0 aliphatic carbocycles. The second-order valence-corrected chi connectivity index (χ2v) is 8.23. The van der Waals surface area contributed by atoms with Crippen LogP contribution in [-0.4, -0.2) is 38.7 Å². The van der Waals surface area contributed by atoms with Crippen molar-refractivity contribution in [2.45, 2.75) is 17.2 Å². The lowest BCUT2D eigenvalue weighted by Crippen LogP contribution is -2.09. The molecule has 0 unspecified atom stereocenters. The molecule has 0 N–H and O–H groups in total. The van der Waals surface area contributed by atoms with Gasteiger partial charge in [-0.3, -0.25) is 0 Å². The van der Waals surface area contributed by atoms with Crippen LogP contribution < -0.4 is 9.47 Å². The molecule has 3 rings (SSSR count). The van der Waals surface area contributed by atoms with Crippen LogP contribution in [0.1, 0.15) is 21.5 Å². The van der Waals surface area contributed by atoms with Crippen LogP contribution in [0, 0.1) is 0 Å². The van der Waals surface area contributed by atoms with E-state index in [0.29, 0.717) is 18.1 Å². The molecule has 0 atom stereocenters. The van der Waals surface area contributed by atoms with Crippen molar-refractivity contribution in [1.82, 2.24) is 4.37 Å². The van der Waals surface area contributed by atoms with E-state index in [1.54, 1.807) is 0 Å². The summed E-state index contributed by atoms with van der Waals surface area (Å²) in [5.74, 6) is -0.0236. The fourth-order valence-corrected chi connectivity index (χ4v) is 4.10. The lowest BCUT2D eigenvalue weighted by atomic mass is 10.1. The second kappa shape index (κ2) is 6.40. The number of nitrogens with zero attached hydrogens (tertiary/aromatic N) is 1. The highest BCUT2D eigenvalue weighted by Gasteiger charge is 2.29. The number of carbonyl (C=O) groups excluding carboxylic acids is 1. The van der Waals surface area contributed by atoms with E-state index in [2.05, 4.69) is 9.11 Å². The van der Waals surface area contributed by atoms with E-state index in [4.69, 9.17) is 9.47 Å². The quantitative estimate of drug-likeness (QED) is 0.743. The van der Waals surface area contributed by atoms with Gasteiger partial charge in [-0.1, -0.05) is 12.1 Å². The third kappa shape index (κ3) is 3.22. The van der Waals surface area contributed by atoms with E-state index in [1.807, 2.05) is 18.2 Å². The van der Waals surface area contributed by atoms with Crippen molar-refractivity contribution in [1.29, 1.82) is 0 Å². The van der Waals surface area contributed by atoms with Gasteiger partial charge >= 0.3 is 5.97 Å². The first-order valence-electron chi connectivity index (χ1n) is 7.05. The number of hydrogen-bond donors (Lipinski definition) is 0. The van der Waals surface area contributed by atoms with Gasteiger partial charge in [0.25, 0.3) is 0 Å². The molecule has 1 aliphatic heterocycles. The first-order chi connectivity index (χ1) is 11.4. The van der Waals surface area contributed by atoms with Gasteiger partial charge in [0.15, 0.2) is 19.6 Å². The summed E-state index contributed by atoms with van der Waals surface area (Å²) in [6.45, 7) is 0.795. The summed E-state index contributed by atoms with van der Waals surface area (Å²) in [6.07, 6.45) is 1.89. The Morgan fingerprint density at radius 1 is 1.42 bits per heavy atom. The molecule has 1 aromatic heterocycles. The van der Waals surface area contributed by atoms with Crippen LogP contribution in [0.5, 0.6) is 11.6 Å². The predicted octanol–water partition coefficient (Wildman–Crippen LogP) is 1.85. The molecule has 0 saturated carbocycles. The molecule has 128 valence electrons. The van der Waals surface area contributed by atoms with Gasteiger partial charge in [-0.25, -0.2) is 13.2 Å². The maximum Gasteiger partial charge on any atom is 0.345 e. The molecule has 0 bridgehead atoms. The molecule has 7 nitrogen and oxygen atoms in total. The Kier molecular flexibility index (Phi) is 4.46. The van der Waals surface area contributed by atoms with E-state index in [1.165, 1.54) is 7.11 Å². The van der Waals surface area contributed by atoms with Gasteiger partial charge in [-0.2, -0.15) is 4.37 Å². The van der Waals surface area contributed by atoms with Crippen LogP contribution in [0.3, 0.4) is 0 Å². The average Bonchev–Trinajstić information content (AvgIpc) is 3.17. The Labute approximate surface area is 143 Å². The fraction of sp³-hybridized carbons (Fsp3) is 0.333. The highest BCUT2D eigenvalue weighted by molar-refractivity contribution is 7.92. The number of esters is 1. The maximum absolute atomic E-state index is 11.9. The van der Waals surface area contributed by atoms with Crippen molar-refractivity contribution >= 4 is 27.3 Å². The SMILES string of the molecule is COC(=O)c1c(OCc2ccc3c(c2)OCC3)nsc1S(C)(=O)=O. The van der Waals surface area contributed by atoms with Gasteiger partial charge in [0.05, 0.1) is 13.7 Å². The van der Waals surface area contributed by atoms with E-state index < -0.39 is 15.8 Å². The van der Waals surface area contributed by atoms with Crippen LogP contribution in [0.15, 0.2) is 22.4 Å². The number of hydrogen-bond acceptors (Lipinski definition) is 8. The molecule has 0 amide bonds. The largest absolute Gasteiger partial charge is 0.493 e. The first kappa shape index (κ1) is 16.7. The van der Waals surface area contributed by atoms with Crippen molar-refractivity contribution < 1.29 is 27.4 Å². The Morgan fingerprint density at radius 3 is 2.92 bits per heavy atom. The molecule has 9 heteroatoms. The Hall–Kier alpha value is -2.13. The van der Waals surface area contributed by atoms with Crippen LogP contribution in [-0.2, 0) is 27.6 Å². The standard InChI is InChI=1S/C15H15NO6S2/c1-20-14(17)12-13(16-23-15(12)24(2,18)19)22-8-9-3-4-10-5-6-21-11(10)7-9/h3-4,7H,5-6,8H2,1-2H3. The predicted molar refractivity (Wildman–Crippen MR) is 86.5 cm³/mol. The summed E-state index contributed by atoms with van der Waals surface area (Å²) in [7, 11) is -2.43. The number of methoxy groups -OCH3 is 1. The maximum atomic E-state index is 11.9. The van der Waals surface area contributed by atoms with Gasteiger partial charge in [0, 0.05) is 12.7 Å². The Bertz CT molecular complexity index is 887. The van der Waals surface area contributed by atoms with Gasteiger partial charge in [0.2, 0.25) is 5.88 Å². The summed E-state index contributed by atoms with van der Waals surface area (Å²) >= 11 is 0.694. The minimum Gasteiger partial charge on any atom is -0.493 e. The molecule has 2 heterocycles. The van der Waals surface area contributed by atoms with Crippen molar-refractivity contribution in [2.75, 3.05) is 20.0 Å². The number of benzene rings is 1. The summed E-state index contributed by atoms with van der Waals surface area (Å²) in [6, 6.07) is 5.73. The van der Waals surface area contributed by atoms with E-state index in [0.717, 1.165) is 29.6 Å². The third-order valence-corrected chi connectivity index (χ3v) is 6.13. The molecular formula is C15H15NO6S2. The molecule has 1 aliphatic rings. The highest BCUT2D eigenvalue weighted by Crippen LogP contribution is 2.31. The lowest BCUT2D eigenvalue weighted by Gasteiger charge is -2.07. The number of aromatic nitrogens is 1. The Balaban J connectivity index is 1.85. The van der Waals surface area contributed by atoms with Crippen molar-refractivity contribution in [2.24, 2.45) is 0 Å². The van der Waals surface area contributed by atoms with E-state index in [-0.39, 0.29) is 22.3 Å². The summed E-state index contributed by atoms with van der Waals surface area (Å²) in [4.78, 5) is 11.9. The van der Waals surface area contributed by atoms with Crippen molar-refractivity contribution in [3.8, 4) is 11.6 Å². The zero-order chi connectivity index (χ0) is 17.3. The third-order valence-electron chi connectivity index (χ3n) is 3.49. The lowest BCUT2D eigenvalue weighted by molar-refractivity contribution is 0.0591. The Morgan fingerprint density at radius 2 is 2.21 bits per heavy atom. The number of carbonyl (C=O) groups is 1. The van der Waals surface area contributed by atoms with Gasteiger partial charge in [0.1, 0.15) is 12.4 Å². The zero-order valence-electron chi connectivity index (χ0n) is 13.1. The molecular weight excluding hydrogens is 354 g/mol. The average molecular weight is 369 g/mol. The minimum atomic E-state index is -3.60. The zero-order valence-corrected chi connectivity index (χ0v) is 14.7. The van der Waals surface area contributed by atoms with E-state index >= 15 is 0 Å². The van der Waals surface area contributed by atoms with Crippen molar-refractivity contribution in [3.63, 3.8) is 0 Å². The normalized spacial score (nSPS) is 13.2. The fourth-order valence-electron chi connectivity index (χ4n) is 2.34. The van der Waals surface area contributed by atoms with E-state index in [9.17, 15) is 13.2 Å². The number of ether oxygens (including phenoxy) is 3. The molecule has 2 aromatic rings. The van der Waals surface area contributed by atoms with Gasteiger partial charge in [-0.15, -0.1) is 0 Å². The van der Waals surface area contributed by atoms with Crippen LogP contribution in [0.25, 0.3) is 0 Å². The van der Waals surface area contributed by atoms with Gasteiger partial charge < -0.3 is 14.2 Å². The monoisotopic (exact) mass is 369 g/mol. The van der Waals surface area contributed by atoms with Crippen LogP contribution in [0.4, 0.5) is 0 Å². The van der Waals surface area contributed by atoms with Crippen molar-refractivity contribution in [3.05, 3.63) is 34.9 Å². The smallest absolute Gasteiger partial charge is 0.345 e. The minimum absolute atomic E-state index is 0.0475. The highest BCUT2D eigenvalue weighted by atomic mass is 32.2. The van der Waals surface area contributed by atoms with Crippen LogP contribution in [0.2, 0.25) is 0 Å². The first-order valence-corrected chi connectivity index (χ1v) is 9.72. The topological polar surface area (TPSA) is 91.8 Å². The number of sulfone groups is 1. The molecule has 0 saturated heterocycles. The summed E-state index contributed by atoms with van der Waals surface area (Å²) in [5.41, 5.74) is 1.81.